The summed E-state index contributed by atoms with van der Waals surface area (Å²) in [5, 5.41) is 1.47. The second kappa shape index (κ2) is 7.48. The maximum atomic E-state index is 12.1. The van der Waals surface area contributed by atoms with Crippen LogP contribution in [0.4, 0.5) is 0 Å². The number of hydrogen-bond donors (Lipinski definition) is 0. The molecule has 1 aromatic carbocycles. The van der Waals surface area contributed by atoms with E-state index in [4.69, 9.17) is 16.3 Å². The van der Waals surface area contributed by atoms with Gasteiger partial charge in [-0.05, 0) is 42.8 Å². The second-order valence-corrected chi connectivity index (χ2v) is 6.06. The second-order valence-electron chi connectivity index (χ2n) is 4.63. The van der Waals surface area contributed by atoms with Crippen LogP contribution in [0.1, 0.15) is 11.1 Å². The Balaban J connectivity index is 1.97. The van der Waals surface area contributed by atoms with Crippen molar-refractivity contribution in [1.29, 1.82) is 0 Å². The monoisotopic (exact) mass is 321 g/mol. The van der Waals surface area contributed by atoms with Gasteiger partial charge in [-0.25, -0.2) is 4.98 Å². The molecule has 0 saturated carbocycles. The first kappa shape index (κ1) is 15.9. The molecule has 0 spiro atoms. The quantitative estimate of drug-likeness (QED) is 0.755. The van der Waals surface area contributed by atoms with Gasteiger partial charge in [-0.1, -0.05) is 23.4 Å². The molecule has 0 saturated heterocycles. The summed E-state index contributed by atoms with van der Waals surface area (Å²) in [5.74, 6) is 1.18. The number of thioether (sulfide) groups is 1. The highest BCUT2D eigenvalue weighted by Gasteiger charge is 2.10. The fourth-order valence-corrected chi connectivity index (χ4v) is 2.90. The third-order valence-electron chi connectivity index (χ3n) is 2.90. The molecule has 21 heavy (non-hydrogen) atoms. The summed E-state index contributed by atoms with van der Waals surface area (Å²) in [4.78, 5) is 16.3. The number of halogens is 1. The normalized spacial score (nSPS) is 10.4. The lowest BCUT2D eigenvalue weighted by Crippen LogP contribution is -2.07. The molecular weight excluding hydrogens is 306 g/mol. The molecule has 3 nitrogen and oxygen atoms in total. The minimum absolute atomic E-state index is 0.115. The Labute approximate surface area is 133 Å². The third-order valence-corrected chi connectivity index (χ3v) is 4.12. The smallest absolute Gasteiger partial charge is 0.147 e. The van der Waals surface area contributed by atoms with Crippen molar-refractivity contribution in [2.24, 2.45) is 0 Å². The van der Waals surface area contributed by atoms with Gasteiger partial charge in [0.25, 0.3) is 0 Å². The van der Waals surface area contributed by atoms with Crippen molar-refractivity contribution in [3.8, 4) is 5.75 Å². The highest BCUT2D eigenvalue weighted by atomic mass is 35.5. The Morgan fingerprint density at radius 1 is 1.33 bits per heavy atom. The van der Waals surface area contributed by atoms with E-state index in [9.17, 15) is 4.79 Å². The van der Waals surface area contributed by atoms with E-state index in [2.05, 4.69) is 4.98 Å². The molecule has 0 radical (unpaired) electrons. The van der Waals surface area contributed by atoms with Gasteiger partial charge in [-0.15, -0.1) is 0 Å². The Morgan fingerprint density at radius 2 is 2.14 bits per heavy atom. The molecule has 5 heteroatoms. The number of methoxy groups -OCH3 is 1. The van der Waals surface area contributed by atoms with E-state index < -0.39 is 0 Å². The summed E-state index contributed by atoms with van der Waals surface area (Å²) >= 11 is 7.41. The Hall–Kier alpha value is -1.52. The molecule has 0 fully saturated rings. The molecule has 1 aromatic heterocycles. The van der Waals surface area contributed by atoms with Gasteiger partial charge in [-0.2, -0.15) is 0 Å². The fourth-order valence-electron chi connectivity index (χ4n) is 1.89. The maximum Gasteiger partial charge on any atom is 0.147 e. The van der Waals surface area contributed by atoms with E-state index in [1.165, 1.54) is 11.8 Å². The van der Waals surface area contributed by atoms with E-state index in [-0.39, 0.29) is 5.78 Å². The molecule has 0 unspecified atom stereocenters. The van der Waals surface area contributed by atoms with E-state index in [1.807, 2.05) is 19.1 Å². The first-order valence-electron chi connectivity index (χ1n) is 6.48. The molecule has 0 N–H and O–H groups in total. The Morgan fingerprint density at radius 3 is 2.86 bits per heavy atom. The van der Waals surface area contributed by atoms with Crippen LogP contribution >= 0.6 is 23.4 Å². The molecule has 110 valence electrons. The van der Waals surface area contributed by atoms with Crippen molar-refractivity contribution in [1.82, 2.24) is 4.98 Å². The van der Waals surface area contributed by atoms with Gasteiger partial charge >= 0.3 is 0 Å². The number of nitrogens with zero attached hydrogens (tertiary/aromatic N) is 1. The van der Waals surface area contributed by atoms with Gasteiger partial charge in [0.2, 0.25) is 0 Å². The lowest BCUT2D eigenvalue weighted by Gasteiger charge is -2.08. The summed E-state index contributed by atoms with van der Waals surface area (Å²) < 4.78 is 5.25. The number of aryl methyl sites for hydroxylation is 1. The first-order chi connectivity index (χ1) is 10.1. The van der Waals surface area contributed by atoms with E-state index in [0.717, 1.165) is 16.2 Å². The van der Waals surface area contributed by atoms with Crippen LogP contribution < -0.4 is 4.74 Å². The number of rotatable bonds is 6. The summed E-state index contributed by atoms with van der Waals surface area (Å²) in [6.07, 6.45) is 2.06. The molecule has 0 atom stereocenters. The van der Waals surface area contributed by atoms with Gasteiger partial charge in [0, 0.05) is 23.2 Å². The van der Waals surface area contributed by atoms with E-state index in [0.29, 0.717) is 22.9 Å². The molecule has 0 aliphatic carbocycles. The number of benzene rings is 1. The molecule has 0 bridgehead atoms. The number of ether oxygens (including phenoxy) is 1. The number of Topliss-reactive ketones (excluding diaryl/α,β-unsaturated/α-hetero) is 1. The van der Waals surface area contributed by atoms with Crippen LogP contribution in [0.15, 0.2) is 41.6 Å². The number of carbonyl (C=O) groups excluding carboxylic acids is 1. The Kier molecular flexibility index (Phi) is 5.65. The number of carbonyl (C=O) groups is 1. The zero-order valence-corrected chi connectivity index (χ0v) is 13.5. The zero-order chi connectivity index (χ0) is 15.2. The number of ketones is 1. The zero-order valence-electron chi connectivity index (χ0n) is 11.9. The van der Waals surface area contributed by atoms with Crippen LogP contribution in [0.25, 0.3) is 0 Å². The lowest BCUT2D eigenvalue weighted by molar-refractivity contribution is -0.116. The highest BCUT2D eigenvalue weighted by Crippen LogP contribution is 2.24. The van der Waals surface area contributed by atoms with Crippen LogP contribution in [0.2, 0.25) is 5.02 Å². The van der Waals surface area contributed by atoms with Crippen molar-refractivity contribution < 1.29 is 9.53 Å². The van der Waals surface area contributed by atoms with Gasteiger partial charge in [0.05, 0.1) is 17.9 Å². The molecule has 2 aromatic rings. The summed E-state index contributed by atoms with van der Waals surface area (Å²) in [7, 11) is 1.59. The molecular formula is C16H16ClNO2S. The minimum Gasteiger partial charge on any atom is -0.496 e. The van der Waals surface area contributed by atoms with Crippen LogP contribution in [-0.2, 0) is 11.2 Å². The first-order valence-corrected chi connectivity index (χ1v) is 7.84. The van der Waals surface area contributed by atoms with Crippen molar-refractivity contribution in [2.45, 2.75) is 18.4 Å². The number of pyridine rings is 1. The van der Waals surface area contributed by atoms with Gasteiger partial charge in [0.15, 0.2) is 0 Å². The van der Waals surface area contributed by atoms with Crippen LogP contribution in [-0.4, -0.2) is 23.6 Å². The van der Waals surface area contributed by atoms with Gasteiger partial charge in [-0.3, -0.25) is 4.79 Å². The highest BCUT2D eigenvalue weighted by molar-refractivity contribution is 7.99. The Bertz CT molecular complexity index is 646. The average molecular weight is 322 g/mol. The van der Waals surface area contributed by atoms with Crippen LogP contribution in [0.3, 0.4) is 0 Å². The van der Waals surface area contributed by atoms with Crippen LogP contribution in [0, 0.1) is 6.92 Å². The third kappa shape index (κ3) is 4.76. The lowest BCUT2D eigenvalue weighted by atomic mass is 10.1. The predicted octanol–water partition coefficient (Wildman–Crippen LogP) is 3.96. The number of aromatic nitrogens is 1. The predicted molar refractivity (Wildman–Crippen MR) is 86.4 cm³/mol. The topological polar surface area (TPSA) is 39.2 Å². The number of hydrogen-bond acceptors (Lipinski definition) is 4. The van der Waals surface area contributed by atoms with Gasteiger partial charge in [0.1, 0.15) is 11.5 Å². The van der Waals surface area contributed by atoms with Crippen molar-refractivity contribution in [3.63, 3.8) is 0 Å². The van der Waals surface area contributed by atoms with Gasteiger partial charge < -0.3 is 4.74 Å². The van der Waals surface area contributed by atoms with E-state index >= 15 is 0 Å². The minimum atomic E-state index is 0.115. The van der Waals surface area contributed by atoms with Crippen molar-refractivity contribution in [3.05, 3.63) is 52.7 Å². The standard InChI is InChI=1S/C16H16ClNO2S/c1-11-5-6-18-16(7-11)21-10-14(19)9-12-8-13(17)3-4-15(12)20-2/h3-8H,9-10H2,1-2H3. The average Bonchev–Trinajstić information content (AvgIpc) is 2.45. The fraction of sp³-hybridized carbons (Fsp3) is 0.250. The summed E-state index contributed by atoms with van der Waals surface area (Å²) in [6, 6.07) is 9.20. The molecule has 0 aliphatic rings. The maximum absolute atomic E-state index is 12.1. The summed E-state index contributed by atoms with van der Waals surface area (Å²) in [6.45, 7) is 2.00. The van der Waals surface area contributed by atoms with Crippen molar-refractivity contribution >= 4 is 29.1 Å². The molecule has 1 heterocycles. The van der Waals surface area contributed by atoms with E-state index in [1.54, 1.807) is 31.5 Å². The molecule has 2 rings (SSSR count). The van der Waals surface area contributed by atoms with Crippen molar-refractivity contribution in [2.75, 3.05) is 12.9 Å². The van der Waals surface area contributed by atoms with Crippen LogP contribution in [0.5, 0.6) is 5.75 Å². The molecule has 0 aliphatic heterocycles. The largest absolute Gasteiger partial charge is 0.496 e. The summed E-state index contributed by atoms with van der Waals surface area (Å²) in [5.41, 5.74) is 1.95. The SMILES string of the molecule is COc1ccc(Cl)cc1CC(=O)CSc1cc(C)ccn1. The molecule has 0 amide bonds.